The summed E-state index contributed by atoms with van der Waals surface area (Å²) < 4.78 is 18.1. The van der Waals surface area contributed by atoms with Gasteiger partial charge in [0.1, 0.15) is 5.75 Å². The highest BCUT2D eigenvalue weighted by molar-refractivity contribution is 5.56. The second kappa shape index (κ2) is 4.53. The molecule has 3 aromatic rings. The van der Waals surface area contributed by atoms with E-state index < -0.39 is 0 Å². The molecule has 8 heteroatoms. The number of hydrogen-bond acceptors (Lipinski definition) is 7. The molecule has 0 atom stereocenters. The molecular weight excluding hydrogens is 274 g/mol. The smallest absolute Gasteiger partial charge is 0.265 e. The third-order valence-electron chi connectivity index (χ3n) is 3.05. The number of nitrogen functional groups attached to an aromatic ring is 1. The molecule has 1 aliphatic heterocycles. The molecule has 0 aliphatic carbocycles. The maximum atomic E-state index is 5.79. The Labute approximate surface area is 119 Å². The minimum absolute atomic E-state index is 0.216. The summed E-state index contributed by atoms with van der Waals surface area (Å²) in [5.74, 6) is 8.12. The summed E-state index contributed by atoms with van der Waals surface area (Å²) in [7, 11) is 0. The largest absolute Gasteiger partial charge is 0.454 e. The molecule has 0 bridgehead atoms. The number of ether oxygens (including phenoxy) is 3. The van der Waals surface area contributed by atoms with E-state index in [1.165, 1.54) is 0 Å². The molecule has 21 heavy (non-hydrogen) atoms. The van der Waals surface area contributed by atoms with Gasteiger partial charge in [-0.3, -0.25) is 4.40 Å². The Kier molecular flexibility index (Phi) is 2.54. The number of imidazole rings is 1. The van der Waals surface area contributed by atoms with Crippen LogP contribution in [-0.4, -0.2) is 21.2 Å². The maximum absolute atomic E-state index is 5.79. The van der Waals surface area contributed by atoms with Crippen LogP contribution in [0.25, 0.3) is 5.65 Å². The molecular formula is C13H11N5O3. The lowest BCUT2D eigenvalue weighted by Crippen LogP contribution is -2.10. The minimum Gasteiger partial charge on any atom is -0.454 e. The first-order valence-corrected chi connectivity index (χ1v) is 6.21. The lowest BCUT2D eigenvalue weighted by atomic mass is 10.3. The van der Waals surface area contributed by atoms with Crippen LogP contribution in [0.5, 0.6) is 23.1 Å². The van der Waals surface area contributed by atoms with Crippen LogP contribution in [0, 0.1) is 0 Å². The third-order valence-corrected chi connectivity index (χ3v) is 3.05. The second-order valence-corrected chi connectivity index (χ2v) is 4.35. The highest BCUT2D eigenvalue weighted by Gasteiger charge is 2.15. The van der Waals surface area contributed by atoms with Crippen molar-refractivity contribution >= 4 is 11.5 Å². The predicted octanol–water partition coefficient (Wildman–Crippen LogP) is 1.54. The summed E-state index contributed by atoms with van der Waals surface area (Å²) in [4.78, 5) is 8.48. The molecule has 1 aromatic carbocycles. The van der Waals surface area contributed by atoms with E-state index >= 15 is 0 Å². The van der Waals surface area contributed by atoms with Gasteiger partial charge in [0.25, 0.3) is 5.88 Å². The van der Waals surface area contributed by atoms with Crippen LogP contribution in [0.2, 0.25) is 0 Å². The lowest BCUT2D eigenvalue weighted by Gasteiger charge is -2.08. The molecule has 0 radical (unpaired) electrons. The van der Waals surface area contributed by atoms with Gasteiger partial charge in [-0.25, -0.2) is 10.8 Å². The van der Waals surface area contributed by atoms with Crippen molar-refractivity contribution in [1.29, 1.82) is 0 Å². The van der Waals surface area contributed by atoms with Gasteiger partial charge in [0.2, 0.25) is 12.4 Å². The van der Waals surface area contributed by atoms with Crippen molar-refractivity contribution in [3.63, 3.8) is 0 Å². The van der Waals surface area contributed by atoms with E-state index in [2.05, 4.69) is 15.4 Å². The van der Waals surface area contributed by atoms with Crippen molar-refractivity contribution in [1.82, 2.24) is 14.4 Å². The standard InChI is InChI=1S/C13H11N5O3/c14-17-11-6-18-4-3-15-12(18)13(16-11)21-8-1-2-9-10(5-8)20-7-19-9/h1-6,17H,7,14H2. The Hall–Kier alpha value is -3.00. The van der Waals surface area contributed by atoms with E-state index in [1.54, 1.807) is 41.2 Å². The molecule has 0 spiro atoms. The first-order chi connectivity index (χ1) is 10.3. The van der Waals surface area contributed by atoms with Gasteiger partial charge >= 0.3 is 0 Å². The molecule has 0 fully saturated rings. The Bertz CT molecular complexity index is 817. The van der Waals surface area contributed by atoms with E-state index in [0.29, 0.717) is 34.6 Å². The molecule has 0 saturated heterocycles. The van der Waals surface area contributed by atoms with Crippen molar-refractivity contribution in [2.45, 2.75) is 0 Å². The zero-order valence-electron chi connectivity index (χ0n) is 10.8. The Balaban J connectivity index is 1.75. The van der Waals surface area contributed by atoms with Crippen molar-refractivity contribution in [3.8, 4) is 23.1 Å². The summed E-state index contributed by atoms with van der Waals surface area (Å²) in [6.07, 6.45) is 5.16. The van der Waals surface area contributed by atoms with Crippen LogP contribution < -0.4 is 25.5 Å². The molecule has 4 rings (SSSR count). The third kappa shape index (κ3) is 1.98. The van der Waals surface area contributed by atoms with Crippen molar-refractivity contribution in [2.75, 3.05) is 12.2 Å². The number of rotatable bonds is 3. The van der Waals surface area contributed by atoms with Gasteiger partial charge in [-0.05, 0) is 12.1 Å². The van der Waals surface area contributed by atoms with E-state index in [-0.39, 0.29) is 6.79 Å². The average Bonchev–Trinajstić information content (AvgIpc) is 3.14. The number of benzene rings is 1. The maximum Gasteiger partial charge on any atom is 0.265 e. The van der Waals surface area contributed by atoms with E-state index in [1.807, 2.05) is 0 Å². The fraction of sp³-hybridized carbons (Fsp3) is 0.0769. The van der Waals surface area contributed by atoms with Crippen molar-refractivity contribution in [2.24, 2.45) is 5.84 Å². The molecule has 1 aliphatic rings. The molecule has 0 unspecified atom stereocenters. The normalized spacial score (nSPS) is 12.6. The van der Waals surface area contributed by atoms with E-state index in [9.17, 15) is 0 Å². The average molecular weight is 285 g/mol. The zero-order chi connectivity index (χ0) is 14.2. The van der Waals surface area contributed by atoms with Gasteiger partial charge in [0, 0.05) is 18.5 Å². The number of hydrazine groups is 1. The quantitative estimate of drug-likeness (QED) is 0.556. The summed E-state index contributed by atoms with van der Waals surface area (Å²) in [5, 5.41) is 0. The number of nitrogens with one attached hydrogen (secondary N) is 1. The fourth-order valence-corrected chi connectivity index (χ4v) is 2.09. The molecule has 0 amide bonds. The number of nitrogens with two attached hydrogens (primary N) is 1. The van der Waals surface area contributed by atoms with Gasteiger partial charge < -0.3 is 19.6 Å². The zero-order valence-corrected chi connectivity index (χ0v) is 10.8. The van der Waals surface area contributed by atoms with Gasteiger partial charge in [-0.1, -0.05) is 0 Å². The van der Waals surface area contributed by atoms with Gasteiger partial charge in [-0.15, -0.1) is 0 Å². The highest BCUT2D eigenvalue weighted by Crippen LogP contribution is 2.36. The van der Waals surface area contributed by atoms with Crippen LogP contribution in [-0.2, 0) is 0 Å². The summed E-state index contributed by atoms with van der Waals surface area (Å²) in [5.41, 5.74) is 3.08. The molecule has 0 saturated carbocycles. The lowest BCUT2D eigenvalue weighted by molar-refractivity contribution is 0.174. The second-order valence-electron chi connectivity index (χ2n) is 4.35. The van der Waals surface area contributed by atoms with Crippen LogP contribution in [0.1, 0.15) is 0 Å². The van der Waals surface area contributed by atoms with Crippen LogP contribution in [0.4, 0.5) is 5.82 Å². The number of nitrogens with zero attached hydrogens (tertiary/aromatic N) is 3. The van der Waals surface area contributed by atoms with E-state index in [0.717, 1.165) is 0 Å². The Morgan fingerprint density at radius 3 is 3.10 bits per heavy atom. The number of aromatic nitrogens is 3. The van der Waals surface area contributed by atoms with Crippen molar-refractivity contribution in [3.05, 3.63) is 36.8 Å². The number of hydrogen-bond donors (Lipinski definition) is 2. The minimum atomic E-state index is 0.216. The van der Waals surface area contributed by atoms with Gasteiger partial charge in [-0.2, -0.15) is 4.98 Å². The van der Waals surface area contributed by atoms with Crippen LogP contribution >= 0.6 is 0 Å². The van der Waals surface area contributed by atoms with Gasteiger partial charge in [0.15, 0.2) is 17.3 Å². The first-order valence-electron chi connectivity index (χ1n) is 6.21. The van der Waals surface area contributed by atoms with Crippen LogP contribution in [0.15, 0.2) is 36.8 Å². The molecule has 3 N–H and O–H groups in total. The van der Waals surface area contributed by atoms with E-state index in [4.69, 9.17) is 20.1 Å². The summed E-state index contributed by atoms with van der Waals surface area (Å²) in [6.45, 7) is 0.216. The Morgan fingerprint density at radius 1 is 1.29 bits per heavy atom. The topological polar surface area (TPSA) is 95.9 Å². The summed E-state index contributed by atoms with van der Waals surface area (Å²) >= 11 is 0. The summed E-state index contributed by atoms with van der Waals surface area (Å²) in [6, 6.07) is 5.30. The number of anilines is 1. The first kappa shape index (κ1) is 11.8. The molecule has 106 valence electrons. The number of fused-ring (bicyclic) bond motifs is 2. The monoisotopic (exact) mass is 285 g/mol. The molecule has 8 nitrogen and oxygen atoms in total. The SMILES string of the molecule is NNc1cn2ccnc2c(Oc2ccc3c(c2)OCO3)n1. The molecule has 2 aromatic heterocycles. The Morgan fingerprint density at radius 2 is 2.19 bits per heavy atom. The predicted molar refractivity (Wildman–Crippen MR) is 73.4 cm³/mol. The van der Waals surface area contributed by atoms with Gasteiger partial charge in [0.05, 0.1) is 6.20 Å². The van der Waals surface area contributed by atoms with Crippen LogP contribution in [0.3, 0.4) is 0 Å². The van der Waals surface area contributed by atoms with Crippen molar-refractivity contribution < 1.29 is 14.2 Å². The highest BCUT2D eigenvalue weighted by atomic mass is 16.7. The molecule has 3 heterocycles. The fourth-order valence-electron chi connectivity index (χ4n) is 2.09.